The summed E-state index contributed by atoms with van der Waals surface area (Å²) in [7, 11) is 4.25. The van der Waals surface area contributed by atoms with Crippen molar-refractivity contribution in [2.45, 2.75) is 31.8 Å². The maximum atomic E-state index is 4.62. The molecule has 0 aromatic carbocycles. The zero-order valence-corrected chi connectivity index (χ0v) is 15.7. The van der Waals surface area contributed by atoms with E-state index in [1.165, 1.54) is 0 Å². The van der Waals surface area contributed by atoms with E-state index in [0.29, 0.717) is 23.8 Å². The van der Waals surface area contributed by atoms with Crippen LogP contribution in [-0.2, 0) is 0 Å². The second-order valence-corrected chi connectivity index (χ2v) is 7.48. The third kappa shape index (κ3) is 2.73. The molecule has 4 aromatic heterocycles. The van der Waals surface area contributed by atoms with Crippen LogP contribution in [0.2, 0.25) is 0 Å². The summed E-state index contributed by atoms with van der Waals surface area (Å²) in [5.74, 6) is 1.38. The number of hydrogen-bond donors (Lipinski definition) is 1. The van der Waals surface area contributed by atoms with E-state index < -0.39 is 0 Å². The molecular formula is C19H22N8. The van der Waals surface area contributed by atoms with Crippen LogP contribution in [0, 0.1) is 6.92 Å². The lowest BCUT2D eigenvalue weighted by Crippen LogP contribution is -2.47. The van der Waals surface area contributed by atoms with Crippen molar-refractivity contribution in [2.24, 2.45) is 0 Å². The van der Waals surface area contributed by atoms with Crippen molar-refractivity contribution in [2.75, 3.05) is 19.4 Å². The Morgan fingerprint density at radius 1 is 1.11 bits per heavy atom. The third-order valence-electron chi connectivity index (χ3n) is 5.45. The quantitative estimate of drug-likeness (QED) is 0.600. The molecule has 1 fully saturated rings. The summed E-state index contributed by atoms with van der Waals surface area (Å²) in [6, 6.07) is 3.15. The standard InChI is InChI=1S/C19H22N8/c1-12-8-21-19-22-9-13(11-26(12)19)16-4-5-27-17(16)10-20-18(24-27)23-14-6-15(7-14)25(2)3/h4-5,8-11,14-15H,6-7H2,1-3H3,(H,23,24)/t14-,15-. The van der Waals surface area contributed by atoms with Crippen molar-refractivity contribution in [3.8, 4) is 11.1 Å². The first-order valence-electron chi connectivity index (χ1n) is 9.16. The summed E-state index contributed by atoms with van der Waals surface area (Å²) in [6.07, 6.45) is 11.8. The van der Waals surface area contributed by atoms with E-state index in [4.69, 9.17) is 0 Å². The van der Waals surface area contributed by atoms with Gasteiger partial charge in [-0.1, -0.05) is 0 Å². The fourth-order valence-corrected chi connectivity index (χ4v) is 3.65. The van der Waals surface area contributed by atoms with Crippen molar-refractivity contribution >= 4 is 17.2 Å². The zero-order valence-electron chi connectivity index (χ0n) is 15.7. The Bertz CT molecular complexity index is 1120. The average molecular weight is 362 g/mol. The molecule has 0 aliphatic heterocycles. The molecule has 0 atom stereocenters. The number of aromatic nitrogens is 6. The van der Waals surface area contributed by atoms with Crippen molar-refractivity contribution in [3.05, 3.63) is 42.7 Å². The van der Waals surface area contributed by atoms with Gasteiger partial charge < -0.3 is 10.2 Å². The molecule has 138 valence electrons. The number of nitrogens with one attached hydrogen (secondary N) is 1. The van der Waals surface area contributed by atoms with Crippen LogP contribution >= 0.6 is 0 Å². The van der Waals surface area contributed by atoms with Crippen LogP contribution in [0.1, 0.15) is 18.5 Å². The molecule has 27 heavy (non-hydrogen) atoms. The maximum absolute atomic E-state index is 4.62. The van der Waals surface area contributed by atoms with Crippen molar-refractivity contribution < 1.29 is 0 Å². The maximum Gasteiger partial charge on any atom is 0.241 e. The third-order valence-corrected chi connectivity index (χ3v) is 5.45. The summed E-state index contributed by atoms with van der Waals surface area (Å²) in [5, 5.41) is 8.06. The molecule has 1 saturated carbocycles. The molecule has 1 aliphatic carbocycles. The highest BCUT2D eigenvalue weighted by molar-refractivity contribution is 5.79. The minimum Gasteiger partial charge on any atom is -0.350 e. The Morgan fingerprint density at radius 3 is 2.74 bits per heavy atom. The highest BCUT2D eigenvalue weighted by Crippen LogP contribution is 2.28. The summed E-state index contributed by atoms with van der Waals surface area (Å²) in [5.41, 5.74) is 4.09. The van der Waals surface area contributed by atoms with Gasteiger partial charge >= 0.3 is 0 Å². The van der Waals surface area contributed by atoms with Crippen LogP contribution < -0.4 is 5.32 Å². The van der Waals surface area contributed by atoms with Crippen molar-refractivity contribution in [3.63, 3.8) is 0 Å². The average Bonchev–Trinajstić information content (AvgIpc) is 3.20. The van der Waals surface area contributed by atoms with Gasteiger partial charge in [-0.25, -0.2) is 19.5 Å². The number of fused-ring (bicyclic) bond motifs is 2. The molecule has 1 aliphatic rings. The first kappa shape index (κ1) is 16.2. The molecule has 1 N–H and O–H groups in total. The highest BCUT2D eigenvalue weighted by Gasteiger charge is 2.30. The Balaban J connectivity index is 1.42. The predicted molar refractivity (Wildman–Crippen MR) is 104 cm³/mol. The number of nitrogens with zero attached hydrogens (tertiary/aromatic N) is 7. The summed E-state index contributed by atoms with van der Waals surface area (Å²) < 4.78 is 3.87. The molecular weight excluding hydrogens is 340 g/mol. The van der Waals surface area contributed by atoms with Crippen molar-refractivity contribution in [1.29, 1.82) is 0 Å². The Labute approximate surface area is 156 Å². The molecule has 0 spiro atoms. The van der Waals surface area contributed by atoms with E-state index >= 15 is 0 Å². The molecule has 8 nitrogen and oxygen atoms in total. The Hall–Kier alpha value is -3.00. The van der Waals surface area contributed by atoms with Gasteiger partial charge in [-0.3, -0.25) is 4.40 Å². The first-order valence-corrected chi connectivity index (χ1v) is 9.16. The van der Waals surface area contributed by atoms with E-state index in [-0.39, 0.29) is 0 Å². The topological polar surface area (TPSA) is 75.7 Å². The summed E-state index contributed by atoms with van der Waals surface area (Å²) >= 11 is 0. The molecule has 4 heterocycles. The number of anilines is 1. The minimum absolute atomic E-state index is 0.445. The molecule has 0 saturated heterocycles. The van der Waals surface area contributed by atoms with E-state index in [2.05, 4.69) is 50.6 Å². The number of imidazole rings is 1. The largest absolute Gasteiger partial charge is 0.350 e. The van der Waals surface area contributed by atoms with Gasteiger partial charge in [-0.05, 0) is 39.9 Å². The molecule has 0 unspecified atom stereocenters. The molecule has 0 amide bonds. The summed E-state index contributed by atoms with van der Waals surface area (Å²) in [6.45, 7) is 2.02. The van der Waals surface area contributed by atoms with Crippen LogP contribution in [-0.4, -0.2) is 60.0 Å². The Morgan fingerprint density at radius 2 is 1.93 bits per heavy atom. The fraction of sp³-hybridized carbons (Fsp3) is 0.368. The lowest BCUT2D eigenvalue weighted by atomic mass is 9.86. The highest BCUT2D eigenvalue weighted by atomic mass is 15.3. The fourth-order valence-electron chi connectivity index (χ4n) is 3.65. The van der Waals surface area contributed by atoms with Crippen LogP contribution in [0.3, 0.4) is 0 Å². The molecule has 0 bridgehead atoms. The van der Waals surface area contributed by atoms with Crippen molar-refractivity contribution in [1.82, 2.24) is 33.9 Å². The number of aryl methyl sites for hydroxylation is 1. The lowest BCUT2D eigenvalue weighted by molar-refractivity contribution is 0.177. The number of rotatable bonds is 4. The van der Waals surface area contributed by atoms with E-state index in [0.717, 1.165) is 35.2 Å². The van der Waals surface area contributed by atoms with Gasteiger partial charge in [0.15, 0.2) is 0 Å². The Kier molecular flexibility index (Phi) is 3.61. The van der Waals surface area contributed by atoms with E-state index in [1.54, 1.807) is 0 Å². The van der Waals surface area contributed by atoms with Gasteiger partial charge in [-0.15, -0.1) is 5.10 Å². The second kappa shape index (κ2) is 6.02. The van der Waals surface area contributed by atoms with E-state index in [9.17, 15) is 0 Å². The predicted octanol–water partition coefficient (Wildman–Crippen LogP) is 2.25. The SMILES string of the molecule is Cc1cnc2ncc(-c3ccn4nc(N[C@H]5C[C@H](N(C)C)C5)ncc34)cn12. The summed E-state index contributed by atoms with van der Waals surface area (Å²) in [4.78, 5) is 15.5. The van der Waals surface area contributed by atoms with E-state index in [1.807, 2.05) is 46.7 Å². The monoisotopic (exact) mass is 362 g/mol. The van der Waals surface area contributed by atoms with Gasteiger partial charge in [-0.2, -0.15) is 0 Å². The second-order valence-electron chi connectivity index (χ2n) is 7.48. The first-order chi connectivity index (χ1) is 13.1. The van der Waals surface area contributed by atoms with Gasteiger partial charge in [0.1, 0.15) is 0 Å². The van der Waals surface area contributed by atoms with Crippen LogP contribution in [0.25, 0.3) is 22.4 Å². The normalized spacial score (nSPS) is 19.7. The molecule has 5 rings (SSSR count). The molecule has 8 heteroatoms. The van der Waals surface area contributed by atoms with Gasteiger partial charge in [0.25, 0.3) is 0 Å². The lowest BCUT2D eigenvalue weighted by Gasteiger charge is -2.39. The zero-order chi connectivity index (χ0) is 18.5. The van der Waals surface area contributed by atoms with Gasteiger partial charge in [0.2, 0.25) is 11.7 Å². The van der Waals surface area contributed by atoms with Crippen LogP contribution in [0.4, 0.5) is 5.95 Å². The smallest absolute Gasteiger partial charge is 0.241 e. The van der Waals surface area contributed by atoms with Crippen LogP contribution in [0.5, 0.6) is 0 Å². The van der Waals surface area contributed by atoms with Gasteiger partial charge in [0, 0.05) is 47.5 Å². The minimum atomic E-state index is 0.445. The van der Waals surface area contributed by atoms with Crippen LogP contribution in [0.15, 0.2) is 37.1 Å². The number of hydrogen-bond acceptors (Lipinski definition) is 6. The van der Waals surface area contributed by atoms with Gasteiger partial charge in [0.05, 0.1) is 17.9 Å². The molecule has 4 aromatic rings. The molecule has 0 radical (unpaired) electrons.